The lowest BCUT2D eigenvalue weighted by atomic mass is 10.2. The number of anilines is 1. The second-order valence-corrected chi connectivity index (χ2v) is 6.91. The highest BCUT2D eigenvalue weighted by Crippen LogP contribution is 2.19. The fraction of sp³-hybridized carbons (Fsp3) is 0.238. The molecule has 2 aromatic rings. The third-order valence-corrected chi connectivity index (χ3v) is 3.97. The Labute approximate surface area is 180 Å². The van der Waals surface area contributed by atoms with E-state index in [-0.39, 0.29) is 17.1 Å². The minimum absolute atomic E-state index is 0.0699. The molecule has 0 aliphatic heterocycles. The van der Waals surface area contributed by atoms with Crippen LogP contribution in [0.3, 0.4) is 0 Å². The van der Waals surface area contributed by atoms with Crippen LogP contribution < -0.4 is 26.2 Å². The van der Waals surface area contributed by atoms with Gasteiger partial charge in [0.05, 0.1) is 11.7 Å². The van der Waals surface area contributed by atoms with Crippen LogP contribution in [-0.2, 0) is 4.79 Å². The first-order valence-electron chi connectivity index (χ1n) is 9.37. The number of hydrogen-bond donors (Lipinski definition) is 4. The van der Waals surface area contributed by atoms with Gasteiger partial charge in [-0.05, 0) is 62.5 Å². The molecule has 0 atom stereocenters. The van der Waals surface area contributed by atoms with Crippen molar-refractivity contribution in [2.45, 2.75) is 33.3 Å². The van der Waals surface area contributed by atoms with Gasteiger partial charge in [0.2, 0.25) is 5.91 Å². The number of amides is 3. The smallest absolute Gasteiger partial charge is 0.269 e. The number of para-hydroxylation sites is 1. The van der Waals surface area contributed by atoms with E-state index in [1.807, 2.05) is 13.8 Å². The summed E-state index contributed by atoms with van der Waals surface area (Å²) in [5, 5.41) is 5.12. The monoisotopic (exact) mass is 428 g/mol. The van der Waals surface area contributed by atoms with E-state index in [1.165, 1.54) is 0 Å². The van der Waals surface area contributed by atoms with E-state index in [0.29, 0.717) is 29.0 Å². The van der Waals surface area contributed by atoms with Crippen LogP contribution in [0, 0.1) is 0 Å². The van der Waals surface area contributed by atoms with Crippen LogP contribution in [0.5, 0.6) is 5.75 Å². The average Bonchev–Trinajstić information content (AvgIpc) is 2.72. The number of nitrogens with one attached hydrogen (secondary N) is 4. The van der Waals surface area contributed by atoms with E-state index in [2.05, 4.69) is 21.5 Å². The highest BCUT2D eigenvalue weighted by Gasteiger charge is 2.15. The van der Waals surface area contributed by atoms with Crippen molar-refractivity contribution in [3.63, 3.8) is 0 Å². The summed E-state index contributed by atoms with van der Waals surface area (Å²) in [7, 11) is 0. The Kier molecular flexibility index (Phi) is 8.30. The minimum Gasteiger partial charge on any atom is -0.490 e. The van der Waals surface area contributed by atoms with Crippen LogP contribution >= 0.6 is 12.2 Å². The Morgan fingerprint density at radius 1 is 0.967 bits per heavy atom. The number of carbonyl (C=O) groups is 3. The van der Waals surface area contributed by atoms with E-state index in [0.717, 1.165) is 0 Å². The highest BCUT2D eigenvalue weighted by atomic mass is 32.1. The lowest BCUT2D eigenvalue weighted by Gasteiger charge is -2.15. The van der Waals surface area contributed by atoms with Gasteiger partial charge in [0.25, 0.3) is 11.8 Å². The molecule has 3 amide bonds. The summed E-state index contributed by atoms with van der Waals surface area (Å²) in [5.74, 6) is -0.597. The quantitative estimate of drug-likeness (QED) is 0.416. The van der Waals surface area contributed by atoms with Crippen molar-refractivity contribution in [3.05, 3.63) is 59.7 Å². The largest absolute Gasteiger partial charge is 0.490 e. The molecule has 0 saturated carbocycles. The summed E-state index contributed by atoms with van der Waals surface area (Å²) in [4.78, 5) is 36.1. The lowest BCUT2D eigenvalue weighted by Crippen LogP contribution is -2.48. The number of hydrazine groups is 1. The van der Waals surface area contributed by atoms with E-state index >= 15 is 0 Å². The summed E-state index contributed by atoms with van der Waals surface area (Å²) < 4.78 is 5.62. The fourth-order valence-electron chi connectivity index (χ4n) is 2.35. The molecule has 0 fully saturated rings. The second kappa shape index (κ2) is 10.9. The van der Waals surface area contributed by atoms with E-state index < -0.39 is 11.8 Å². The predicted molar refractivity (Wildman–Crippen MR) is 118 cm³/mol. The normalized spacial score (nSPS) is 10.1. The summed E-state index contributed by atoms with van der Waals surface area (Å²) in [6.45, 7) is 5.47. The molecule has 0 unspecified atom stereocenters. The molecule has 0 bridgehead atoms. The molecule has 0 radical (unpaired) electrons. The topological polar surface area (TPSA) is 109 Å². The first kappa shape index (κ1) is 22.8. The van der Waals surface area contributed by atoms with Gasteiger partial charge < -0.3 is 10.1 Å². The van der Waals surface area contributed by atoms with Gasteiger partial charge in [-0.3, -0.25) is 30.6 Å². The van der Waals surface area contributed by atoms with Crippen LogP contribution in [0.15, 0.2) is 48.5 Å². The first-order chi connectivity index (χ1) is 14.3. The Hall–Kier alpha value is -3.46. The van der Waals surface area contributed by atoms with Crippen LogP contribution in [0.2, 0.25) is 0 Å². The van der Waals surface area contributed by atoms with Gasteiger partial charge in [-0.2, -0.15) is 0 Å². The maximum Gasteiger partial charge on any atom is 0.269 e. The van der Waals surface area contributed by atoms with Crippen LogP contribution in [0.4, 0.5) is 5.69 Å². The van der Waals surface area contributed by atoms with Crippen molar-refractivity contribution in [3.8, 4) is 5.75 Å². The molecule has 0 spiro atoms. The molecule has 30 heavy (non-hydrogen) atoms. The Balaban J connectivity index is 1.89. The number of rotatable bonds is 6. The van der Waals surface area contributed by atoms with E-state index in [1.54, 1.807) is 55.5 Å². The zero-order valence-corrected chi connectivity index (χ0v) is 17.8. The zero-order chi connectivity index (χ0) is 22.1. The summed E-state index contributed by atoms with van der Waals surface area (Å²) in [5.41, 5.74) is 6.17. The number of ether oxygens (including phenoxy) is 1. The van der Waals surface area contributed by atoms with Crippen molar-refractivity contribution in [2.75, 3.05) is 5.32 Å². The van der Waals surface area contributed by atoms with Gasteiger partial charge in [0, 0.05) is 17.7 Å². The number of benzene rings is 2. The van der Waals surface area contributed by atoms with Gasteiger partial charge >= 0.3 is 0 Å². The van der Waals surface area contributed by atoms with Crippen molar-refractivity contribution < 1.29 is 19.1 Å². The van der Waals surface area contributed by atoms with Gasteiger partial charge in [-0.1, -0.05) is 19.1 Å². The molecule has 4 N–H and O–H groups in total. The Bertz CT molecular complexity index is 929. The zero-order valence-electron chi connectivity index (χ0n) is 16.9. The summed E-state index contributed by atoms with van der Waals surface area (Å²) >= 11 is 5.07. The summed E-state index contributed by atoms with van der Waals surface area (Å²) in [6, 6.07) is 13.2. The Morgan fingerprint density at radius 3 is 2.27 bits per heavy atom. The van der Waals surface area contributed by atoms with Gasteiger partial charge in [0.15, 0.2) is 5.11 Å². The van der Waals surface area contributed by atoms with Crippen molar-refractivity contribution in [1.82, 2.24) is 16.2 Å². The molecule has 0 aliphatic rings. The van der Waals surface area contributed by atoms with Crippen LogP contribution in [-0.4, -0.2) is 28.9 Å². The second-order valence-electron chi connectivity index (χ2n) is 6.50. The molecule has 2 rings (SSSR count). The van der Waals surface area contributed by atoms with Gasteiger partial charge in [-0.25, -0.2) is 0 Å². The van der Waals surface area contributed by atoms with Crippen molar-refractivity contribution >= 4 is 40.7 Å². The SMILES string of the molecule is CCC(=O)Nc1ccc(C(=O)NNC(=S)NC(=O)c2ccccc2OC(C)C)cc1. The molecular weight excluding hydrogens is 404 g/mol. The van der Waals surface area contributed by atoms with Crippen LogP contribution in [0.25, 0.3) is 0 Å². The van der Waals surface area contributed by atoms with E-state index in [9.17, 15) is 14.4 Å². The predicted octanol–water partition coefficient (Wildman–Crippen LogP) is 2.77. The maximum atomic E-state index is 12.5. The third-order valence-electron chi connectivity index (χ3n) is 3.76. The molecule has 0 heterocycles. The standard InChI is InChI=1S/C21H24N4O4S/c1-4-18(26)22-15-11-9-14(10-12-15)19(27)24-25-21(30)23-20(28)16-7-5-6-8-17(16)29-13(2)3/h5-13H,4H2,1-3H3,(H,22,26)(H,24,27)(H2,23,25,28,30). The van der Waals surface area contributed by atoms with Crippen molar-refractivity contribution in [2.24, 2.45) is 0 Å². The van der Waals surface area contributed by atoms with Gasteiger partial charge in [0.1, 0.15) is 5.75 Å². The van der Waals surface area contributed by atoms with E-state index in [4.69, 9.17) is 17.0 Å². The lowest BCUT2D eigenvalue weighted by molar-refractivity contribution is -0.115. The van der Waals surface area contributed by atoms with Gasteiger partial charge in [-0.15, -0.1) is 0 Å². The molecule has 2 aromatic carbocycles. The molecule has 0 saturated heterocycles. The first-order valence-corrected chi connectivity index (χ1v) is 9.78. The number of hydrogen-bond acceptors (Lipinski definition) is 5. The average molecular weight is 429 g/mol. The molecule has 158 valence electrons. The highest BCUT2D eigenvalue weighted by molar-refractivity contribution is 7.80. The van der Waals surface area contributed by atoms with Crippen molar-refractivity contribution in [1.29, 1.82) is 0 Å². The molecule has 8 nitrogen and oxygen atoms in total. The number of thiocarbonyl (C=S) groups is 1. The molecule has 0 aromatic heterocycles. The molecule has 9 heteroatoms. The molecular formula is C21H24N4O4S. The third kappa shape index (κ3) is 6.85. The number of carbonyl (C=O) groups excluding carboxylic acids is 3. The Morgan fingerprint density at radius 2 is 1.63 bits per heavy atom. The summed E-state index contributed by atoms with van der Waals surface area (Å²) in [6.07, 6.45) is 0.272. The molecule has 0 aliphatic carbocycles. The maximum absolute atomic E-state index is 12.5. The fourth-order valence-corrected chi connectivity index (χ4v) is 2.50. The minimum atomic E-state index is -0.464. The van der Waals surface area contributed by atoms with Crippen LogP contribution in [0.1, 0.15) is 47.9 Å².